The van der Waals surface area contributed by atoms with Gasteiger partial charge in [-0.1, -0.05) is 224 Å². The van der Waals surface area contributed by atoms with Gasteiger partial charge in [0.1, 0.15) is 11.5 Å². The number of halogens is 1. The van der Waals surface area contributed by atoms with Crippen LogP contribution in [0.5, 0.6) is 11.5 Å². The second-order valence-corrected chi connectivity index (χ2v) is 33.4. The summed E-state index contributed by atoms with van der Waals surface area (Å²) in [5.74, 6) is 1.91. The maximum absolute atomic E-state index is 6.58. The summed E-state index contributed by atoms with van der Waals surface area (Å²) in [7, 11) is -2.95. The van der Waals surface area contributed by atoms with Gasteiger partial charge >= 0.3 is 0 Å². The molecule has 1 N–H and O–H groups in total. The molecule has 2 aromatic heterocycles. The van der Waals surface area contributed by atoms with Crippen LogP contribution in [0.25, 0.3) is 49.3 Å². The molecule has 6 aromatic carbocycles. The van der Waals surface area contributed by atoms with Gasteiger partial charge in [-0.15, -0.1) is 0 Å². The summed E-state index contributed by atoms with van der Waals surface area (Å²) < 4.78 is 28.0. The molecule has 0 spiro atoms. The van der Waals surface area contributed by atoms with Crippen molar-refractivity contribution in [2.45, 2.75) is 180 Å². The Kier molecular flexibility index (Phi) is 21.4. The Hall–Kier alpha value is -4.40. The third-order valence-corrected chi connectivity index (χ3v) is 23.6. The lowest BCUT2D eigenvalue weighted by Gasteiger charge is -2.28. The molecule has 400 valence electrons. The van der Waals surface area contributed by atoms with Crippen molar-refractivity contribution in [2.75, 3.05) is 13.2 Å². The van der Waals surface area contributed by atoms with Crippen LogP contribution in [0.2, 0.25) is 38.3 Å². The SMILES string of the molecule is CCCCCCCC[Si](C)(C)c1ccc(OC2CCCCO2)c(-n2c3ccccc3c3ccccc32)c1.CCCCCCCC[Si](C)(C)c1ccc(OC2CCCCO2)c(I)c1.c1ccc2c(c1)[nH]c1ccccc12. The fourth-order valence-corrected chi connectivity index (χ4v) is 17.0. The van der Waals surface area contributed by atoms with Gasteiger partial charge in [0.15, 0.2) is 12.6 Å². The molecule has 2 aliphatic rings. The Labute approximate surface area is 465 Å². The van der Waals surface area contributed by atoms with Crippen molar-refractivity contribution >= 4 is 92.7 Å². The summed E-state index contributed by atoms with van der Waals surface area (Å²) in [4.78, 5) is 3.38. The lowest BCUT2D eigenvalue weighted by Crippen LogP contribution is -2.41. The third kappa shape index (κ3) is 15.4. The van der Waals surface area contributed by atoms with E-state index in [2.05, 4.69) is 206 Å². The van der Waals surface area contributed by atoms with Crippen LogP contribution in [-0.2, 0) is 9.47 Å². The topological polar surface area (TPSA) is 57.6 Å². The van der Waals surface area contributed by atoms with Crippen molar-refractivity contribution < 1.29 is 18.9 Å². The van der Waals surface area contributed by atoms with Gasteiger partial charge in [-0.2, -0.15) is 0 Å². The number of nitrogens with one attached hydrogen (secondary N) is 1. The van der Waals surface area contributed by atoms with Gasteiger partial charge in [-0.05, 0) is 96.8 Å². The molecule has 6 nitrogen and oxygen atoms in total. The number of fused-ring (bicyclic) bond motifs is 6. The van der Waals surface area contributed by atoms with Crippen LogP contribution in [0, 0.1) is 3.57 Å². The van der Waals surface area contributed by atoms with E-state index in [1.165, 1.54) is 148 Å². The molecule has 2 saturated heterocycles. The van der Waals surface area contributed by atoms with Crippen molar-refractivity contribution in [1.29, 1.82) is 0 Å². The Morgan fingerprint density at radius 2 is 0.920 bits per heavy atom. The van der Waals surface area contributed by atoms with E-state index < -0.39 is 16.1 Å². The summed E-state index contributed by atoms with van der Waals surface area (Å²) in [5, 5.41) is 8.24. The Morgan fingerprint density at radius 1 is 0.493 bits per heavy atom. The van der Waals surface area contributed by atoms with E-state index >= 15 is 0 Å². The molecule has 2 atom stereocenters. The third-order valence-electron chi connectivity index (χ3n) is 15.8. The fraction of sp³-hybridized carbons (Fsp3) is 0.455. The van der Waals surface area contributed by atoms with Gasteiger partial charge in [0.05, 0.1) is 49.7 Å². The normalized spacial score (nSPS) is 16.1. The molecule has 0 radical (unpaired) electrons. The molecule has 0 saturated carbocycles. The highest BCUT2D eigenvalue weighted by Crippen LogP contribution is 2.37. The van der Waals surface area contributed by atoms with Crippen LogP contribution in [0.15, 0.2) is 133 Å². The minimum Gasteiger partial charge on any atom is -0.464 e. The van der Waals surface area contributed by atoms with Gasteiger partial charge in [-0.3, -0.25) is 0 Å². The quantitative estimate of drug-likeness (QED) is 0.0443. The van der Waals surface area contributed by atoms with Crippen LogP contribution in [0.1, 0.15) is 129 Å². The number of rotatable bonds is 21. The highest BCUT2D eigenvalue weighted by atomic mass is 127. The molecule has 2 fully saturated rings. The first-order valence-electron chi connectivity index (χ1n) is 29.0. The largest absolute Gasteiger partial charge is 0.464 e. The van der Waals surface area contributed by atoms with Crippen molar-refractivity contribution in [3.05, 3.63) is 137 Å². The van der Waals surface area contributed by atoms with Crippen LogP contribution in [0.4, 0.5) is 0 Å². The number of hydrogen-bond donors (Lipinski definition) is 1. The Morgan fingerprint density at radius 3 is 1.40 bits per heavy atom. The highest BCUT2D eigenvalue weighted by Gasteiger charge is 2.28. The van der Waals surface area contributed by atoms with E-state index in [4.69, 9.17) is 18.9 Å². The monoisotopic (exact) mass is 1150 g/mol. The van der Waals surface area contributed by atoms with Crippen molar-refractivity contribution in [2.24, 2.45) is 0 Å². The summed E-state index contributed by atoms with van der Waals surface area (Å²) in [6.07, 6.45) is 22.8. The number of nitrogens with zero attached hydrogens (tertiary/aromatic N) is 1. The highest BCUT2D eigenvalue weighted by molar-refractivity contribution is 14.1. The number of H-pyrrole nitrogens is 1. The van der Waals surface area contributed by atoms with E-state index in [1.54, 1.807) is 5.19 Å². The maximum Gasteiger partial charge on any atom is 0.199 e. The second-order valence-electron chi connectivity index (χ2n) is 22.5. The predicted molar refractivity (Wildman–Crippen MR) is 335 cm³/mol. The van der Waals surface area contributed by atoms with Crippen molar-refractivity contribution in [3.63, 3.8) is 0 Å². The first-order valence-corrected chi connectivity index (χ1v) is 36.5. The number of aromatic nitrogens is 2. The molecule has 0 bridgehead atoms. The smallest absolute Gasteiger partial charge is 0.199 e. The van der Waals surface area contributed by atoms with E-state index in [9.17, 15) is 0 Å². The van der Waals surface area contributed by atoms with Gasteiger partial charge in [-0.25, -0.2) is 0 Å². The Bertz CT molecular complexity index is 2900. The molecule has 0 amide bonds. The number of unbranched alkanes of at least 4 members (excludes halogenated alkanes) is 10. The minimum absolute atomic E-state index is 0.0542. The van der Waals surface area contributed by atoms with E-state index in [0.717, 1.165) is 62.5 Å². The van der Waals surface area contributed by atoms with Crippen molar-refractivity contribution in [1.82, 2.24) is 9.55 Å². The lowest BCUT2D eigenvalue weighted by atomic mass is 10.1. The first-order chi connectivity index (χ1) is 36.6. The zero-order chi connectivity index (χ0) is 52.5. The standard InChI is InChI=1S/C33H43NO2Si.C21H35IO2Si.C12H9N/c1-4-5-6-7-8-15-24-37(2,3)26-21-22-32(36-33-20-13-14-23-35-33)31(25-26)34-29-18-11-9-16-27(29)28-17-10-12-19-30(28)34;1-4-5-6-7-8-11-16-25(2,3)18-13-14-20(19(22)17-18)24-21-12-9-10-15-23-21;1-3-7-11-9(5-1)10-6-2-4-8-12(10)13-11/h9-12,16-19,21-22,25,33H,4-8,13-15,20,23-24H2,1-3H3;13-14,17,21H,4-12,15-16H2,1-3H3;1-8,13H. The average molecular weight is 1160 g/mol. The zero-order valence-electron chi connectivity index (χ0n) is 46.4. The Balaban J connectivity index is 0.000000168. The summed E-state index contributed by atoms with van der Waals surface area (Å²) in [6.45, 7) is 16.3. The van der Waals surface area contributed by atoms with Gasteiger partial charge < -0.3 is 28.5 Å². The molecule has 0 aliphatic carbocycles. The van der Waals surface area contributed by atoms with E-state index in [0.29, 0.717) is 0 Å². The van der Waals surface area contributed by atoms with E-state index in [-0.39, 0.29) is 12.6 Å². The fourth-order valence-electron chi connectivity index (χ4n) is 11.1. The molecule has 2 aliphatic heterocycles. The van der Waals surface area contributed by atoms with Crippen LogP contribution < -0.4 is 19.8 Å². The number of aromatic amines is 1. The van der Waals surface area contributed by atoms with Crippen LogP contribution in [0.3, 0.4) is 0 Å². The molecule has 4 heterocycles. The minimum atomic E-state index is -1.60. The zero-order valence-corrected chi connectivity index (χ0v) is 50.5. The number of hydrogen-bond acceptors (Lipinski definition) is 4. The summed E-state index contributed by atoms with van der Waals surface area (Å²) in [6, 6.07) is 50.8. The molecular weight excluding hydrogens is 1070 g/mol. The summed E-state index contributed by atoms with van der Waals surface area (Å²) >= 11 is 2.42. The second kappa shape index (κ2) is 28.3. The number of benzene rings is 6. The predicted octanol–water partition coefficient (Wildman–Crippen LogP) is 18.8. The van der Waals surface area contributed by atoms with Gasteiger partial charge in [0, 0.05) is 45.4 Å². The number of para-hydroxylation sites is 4. The van der Waals surface area contributed by atoms with Gasteiger partial charge in [0.25, 0.3) is 0 Å². The first kappa shape index (κ1) is 56.8. The van der Waals surface area contributed by atoms with Crippen molar-refractivity contribution in [3.8, 4) is 17.2 Å². The number of ether oxygens (including phenoxy) is 4. The van der Waals surface area contributed by atoms with E-state index in [1.807, 2.05) is 0 Å². The molecular formula is C66H87IN2O4Si2. The van der Waals surface area contributed by atoms with Gasteiger partial charge in [0.2, 0.25) is 0 Å². The molecule has 75 heavy (non-hydrogen) atoms. The van der Waals surface area contributed by atoms with Crippen LogP contribution in [-0.4, -0.2) is 51.5 Å². The van der Waals surface area contributed by atoms with Crippen LogP contribution >= 0.6 is 22.6 Å². The lowest BCUT2D eigenvalue weighted by molar-refractivity contribution is -0.106. The molecule has 10 rings (SSSR count). The molecule has 9 heteroatoms. The summed E-state index contributed by atoms with van der Waals surface area (Å²) in [5.41, 5.74) is 6.02. The molecule has 8 aromatic rings. The molecule has 2 unspecified atom stereocenters. The maximum atomic E-state index is 6.58. The average Bonchev–Trinajstić information content (AvgIpc) is 3.98.